The van der Waals surface area contributed by atoms with Gasteiger partial charge in [0.25, 0.3) is 0 Å². The molecule has 0 saturated carbocycles. The van der Waals surface area contributed by atoms with E-state index in [-0.39, 0.29) is 0 Å². The van der Waals surface area contributed by atoms with Crippen LogP contribution in [-0.2, 0) is 0 Å². The van der Waals surface area contributed by atoms with Gasteiger partial charge >= 0.3 is 0 Å². The van der Waals surface area contributed by atoms with Crippen LogP contribution in [0.3, 0.4) is 0 Å². The van der Waals surface area contributed by atoms with Crippen LogP contribution in [0.25, 0.3) is 0 Å². The molecule has 62 valence electrons. The van der Waals surface area contributed by atoms with Crippen LogP contribution in [0.5, 0.6) is 0 Å². The third-order valence-electron chi connectivity index (χ3n) is 1.66. The molecule has 0 atom stereocenters. The fourth-order valence-corrected chi connectivity index (χ4v) is 1.06. The van der Waals surface area contributed by atoms with Gasteiger partial charge in [-0.3, -0.25) is 4.59 Å². The number of hydrogen-bond donors (Lipinski definition) is 1. The van der Waals surface area contributed by atoms with Crippen molar-refractivity contribution in [2.75, 3.05) is 27.2 Å². The number of quaternary nitrogens is 1. The van der Waals surface area contributed by atoms with E-state index in [1.807, 2.05) is 0 Å². The van der Waals surface area contributed by atoms with E-state index in [0.29, 0.717) is 0 Å². The molecule has 0 radical (unpaired) electrons. The highest BCUT2D eigenvalue weighted by atomic mass is 15.6. The van der Waals surface area contributed by atoms with Crippen molar-refractivity contribution in [3.8, 4) is 0 Å². The van der Waals surface area contributed by atoms with E-state index in [0.717, 1.165) is 11.1 Å². The van der Waals surface area contributed by atoms with Gasteiger partial charge in [0.05, 0.1) is 20.6 Å². The minimum Gasteiger partial charge on any atom is -0.251 e. The largest absolute Gasteiger partial charge is 0.251 e. The van der Waals surface area contributed by atoms with Crippen molar-refractivity contribution < 1.29 is 4.59 Å². The van der Waals surface area contributed by atoms with E-state index in [1.54, 1.807) is 0 Å². The van der Waals surface area contributed by atoms with Gasteiger partial charge in [0, 0.05) is 6.54 Å². The van der Waals surface area contributed by atoms with E-state index in [1.165, 1.54) is 19.4 Å². The van der Waals surface area contributed by atoms with Crippen molar-refractivity contribution in [2.45, 2.75) is 26.7 Å². The van der Waals surface area contributed by atoms with Gasteiger partial charge in [-0.1, -0.05) is 13.3 Å². The fraction of sp³-hybridized carbons (Fsp3) is 1.00. The Labute approximate surface area is 64.8 Å². The lowest BCUT2D eigenvalue weighted by Gasteiger charge is -2.28. The molecule has 0 saturated heterocycles. The van der Waals surface area contributed by atoms with Crippen LogP contribution >= 0.6 is 0 Å². The average molecular weight is 145 g/mol. The molecule has 2 nitrogen and oxygen atoms in total. The molecular weight excluding hydrogens is 124 g/mol. The maximum absolute atomic E-state index is 3.39. The molecule has 0 aromatic carbocycles. The SMILES string of the molecule is CCCC[N+](C)(C)NCC. The Kier molecular flexibility index (Phi) is 4.65. The first-order valence-electron chi connectivity index (χ1n) is 4.20. The Bertz CT molecular complexity index is 79.3. The zero-order valence-electron chi connectivity index (χ0n) is 7.78. The first-order valence-corrected chi connectivity index (χ1v) is 4.20. The first kappa shape index (κ1) is 9.92. The second-order valence-electron chi connectivity index (χ2n) is 3.27. The molecule has 0 aromatic heterocycles. The van der Waals surface area contributed by atoms with Gasteiger partial charge in [0.1, 0.15) is 0 Å². The smallest absolute Gasteiger partial charge is 0.0957 e. The first-order chi connectivity index (χ1) is 4.62. The Morgan fingerprint density at radius 1 is 1.20 bits per heavy atom. The fourth-order valence-electron chi connectivity index (χ4n) is 1.06. The molecule has 1 N–H and O–H groups in total. The Balaban J connectivity index is 3.42. The summed E-state index contributed by atoms with van der Waals surface area (Å²) in [6.07, 6.45) is 2.59. The maximum atomic E-state index is 3.39. The topological polar surface area (TPSA) is 12.0 Å². The molecule has 0 amide bonds. The summed E-state index contributed by atoms with van der Waals surface area (Å²) in [6.45, 7) is 6.65. The molecule has 0 rings (SSSR count). The van der Waals surface area contributed by atoms with Crippen molar-refractivity contribution >= 4 is 0 Å². The molecule has 2 heteroatoms. The van der Waals surface area contributed by atoms with Crippen molar-refractivity contribution in [3.05, 3.63) is 0 Å². The second-order valence-corrected chi connectivity index (χ2v) is 3.27. The Morgan fingerprint density at radius 2 is 1.80 bits per heavy atom. The quantitative estimate of drug-likeness (QED) is 0.455. The lowest BCUT2D eigenvalue weighted by Crippen LogP contribution is -2.51. The minimum absolute atomic E-state index is 0.949. The predicted molar refractivity (Wildman–Crippen MR) is 45.6 cm³/mol. The van der Waals surface area contributed by atoms with E-state index in [2.05, 4.69) is 33.4 Å². The zero-order chi connectivity index (χ0) is 8.04. The maximum Gasteiger partial charge on any atom is 0.0957 e. The van der Waals surface area contributed by atoms with Crippen LogP contribution in [0, 0.1) is 0 Å². The average Bonchev–Trinajstić information content (AvgIpc) is 1.84. The number of hydrogen-bond acceptors (Lipinski definition) is 1. The van der Waals surface area contributed by atoms with Crippen molar-refractivity contribution in [2.24, 2.45) is 0 Å². The van der Waals surface area contributed by atoms with Crippen LogP contribution in [0.15, 0.2) is 0 Å². The second kappa shape index (κ2) is 4.69. The van der Waals surface area contributed by atoms with Gasteiger partial charge in [-0.15, -0.1) is 0 Å². The summed E-state index contributed by atoms with van der Waals surface area (Å²) in [4.78, 5) is 0. The van der Waals surface area contributed by atoms with Crippen LogP contribution in [0.1, 0.15) is 26.7 Å². The summed E-state index contributed by atoms with van der Waals surface area (Å²) in [5.74, 6) is 0. The van der Waals surface area contributed by atoms with Gasteiger partial charge in [-0.25, -0.2) is 0 Å². The van der Waals surface area contributed by atoms with E-state index in [4.69, 9.17) is 0 Å². The predicted octanol–water partition coefficient (Wildman–Crippen LogP) is 1.39. The molecule has 0 heterocycles. The van der Waals surface area contributed by atoms with Gasteiger partial charge < -0.3 is 0 Å². The molecule has 0 unspecified atom stereocenters. The number of rotatable bonds is 5. The minimum atomic E-state index is 0.949. The molecule has 0 aliphatic heterocycles. The van der Waals surface area contributed by atoms with Gasteiger partial charge in [-0.2, -0.15) is 5.43 Å². The normalized spacial score (nSPS) is 12.0. The summed E-state index contributed by atoms with van der Waals surface area (Å²) < 4.78 is 0.949. The molecule has 10 heavy (non-hydrogen) atoms. The highest BCUT2D eigenvalue weighted by Crippen LogP contribution is 1.95. The van der Waals surface area contributed by atoms with Crippen LogP contribution < -0.4 is 5.43 Å². The van der Waals surface area contributed by atoms with E-state index in [9.17, 15) is 0 Å². The number of nitrogens with zero attached hydrogens (tertiary/aromatic N) is 1. The van der Waals surface area contributed by atoms with Gasteiger partial charge in [-0.05, 0) is 13.3 Å². The summed E-state index contributed by atoms with van der Waals surface area (Å²) in [5, 5.41) is 0. The standard InChI is InChI=1S/C8H21N2/c1-5-7-8-10(3,4)9-6-2/h9H,5-8H2,1-4H3/q+1. The molecule has 0 aliphatic rings. The summed E-state index contributed by atoms with van der Waals surface area (Å²) >= 11 is 0. The van der Waals surface area contributed by atoms with Crippen LogP contribution in [0.2, 0.25) is 0 Å². The van der Waals surface area contributed by atoms with Gasteiger partial charge in [0.15, 0.2) is 0 Å². The third-order valence-corrected chi connectivity index (χ3v) is 1.66. The lowest BCUT2D eigenvalue weighted by atomic mass is 10.3. The van der Waals surface area contributed by atoms with E-state index >= 15 is 0 Å². The molecular formula is C8H21N2+. The third kappa shape index (κ3) is 4.77. The molecule has 0 fully saturated rings. The summed E-state index contributed by atoms with van der Waals surface area (Å²) in [7, 11) is 4.42. The van der Waals surface area contributed by atoms with E-state index < -0.39 is 0 Å². The Hall–Kier alpha value is -0.0800. The molecule has 0 spiro atoms. The van der Waals surface area contributed by atoms with Gasteiger partial charge in [0.2, 0.25) is 0 Å². The van der Waals surface area contributed by atoms with Crippen LogP contribution in [0.4, 0.5) is 0 Å². The van der Waals surface area contributed by atoms with Crippen molar-refractivity contribution in [3.63, 3.8) is 0 Å². The highest BCUT2D eigenvalue weighted by Gasteiger charge is 2.10. The molecule has 0 aromatic rings. The molecule has 0 aliphatic carbocycles. The zero-order valence-corrected chi connectivity index (χ0v) is 7.78. The van der Waals surface area contributed by atoms with Crippen molar-refractivity contribution in [1.82, 2.24) is 5.43 Å². The summed E-state index contributed by atoms with van der Waals surface area (Å²) in [6, 6.07) is 0. The summed E-state index contributed by atoms with van der Waals surface area (Å²) in [5.41, 5.74) is 3.39. The number of nitrogens with one attached hydrogen (secondary N) is 1. The number of unbranched alkanes of at least 4 members (excludes halogenated alkanes) is 1. The molecule has 0 bridgehead atoms. The van der Waals surface area contributed by atoms with Crippen molar-refractivity contribution in [1.29, 1.82) is 0 Å². The Morgan fingerprint density at radius 3 is 2.20 bits per heavy atom. The lowest BCUT2D eigenvalue weighted by molar-refractivity contribution is -0.934. The van der Waals surface area contributed by atoms with Crippen LogP contribution in [-0.4, -0.2) is 31.8 Å². The monoisotopic (exact) mass is 145 g/mol. The highest BCUT2D eigenvalue weighted by molar-refractivity contribution is 4.31.